The number of amides is 1. The molecular formula is C24H20F2N4O3. The molecule has 0 N–H and O–H groups in total. The Kier molecular flexibility index (Phi) is 4.96. The predicted octanol–water partition coefficient (Wildman–Crippen LogP) is 4.09. The van der Waals surface area contributed by atoms with Gasteiger partial charge in [-0.05, 0) is 41.5 Å². The number of methoxy groups -OCH3 is 2. The molecule has 0 unspecified atom stereocenters. The summed E-state index contributed by atoms with van der Waals surface area (Å²) >= 11 is 0. The molecule has 9 heteroatoms. The molecule has 1 aliphatic rings. The quantitative estimate of drug-likeness (QED) is 0.458. The maximum atomic E-state index is 15.1. The summed E-state index contributed by atoms with van der Waals surface area (Å²) in [5.74, 6) is -0.776. The minimum atomic E-state index is -0.729. The van der Waals surface area contributed by atoms with Crippen LogP contribution in [0.2, 0.25) is 0 Å². The summed E-state index contributed by atoms with van der Waals surface area (Å²) in [5.41, 5.74) is 2.36. The van der Waals surface area contributed by atoms with Crippen LogP contribution < -0.4 is 9.47 Å². The standard InChI is InChI=1S/C24H20F2N4O3/c1-29-10-17-15(4-5-22(33-3)23(17)28-29)13-6-19(25)18(20(26)7-13)11-30-12-21-16(24(30)31)8-14(32-2)9-27-21/h4-10H,11-12H2,1-3H3. The van der Waals surface area contributed by atoms with Crippen molar-refractivity contribution in [2.45, 2.75) is 13.1 Å². The predicted molar refractivity (Wildman–Crippen MR) is 117 cm³/mol. The summed E-state index contributed by atoms with van der Waals surface area (Å²) in [7, 11) is 4.79. The summed E-state index contributed by atoms with van der Waals surface area (Å²) < 4.78 is 42.3. The molecule has 4 aromatic rings. The lowest BCUT2D eigenvalue weighted by Gasteiger charge is -2.17. The van der Waals surface area contributed by atoms with Gasteiger partial charge in [-0.1, -0.05) is 0 Å². The van der Waals surface area contributed by atoms with E-state index in [0.29, 0.717) is 44.8 Å². The van der Waals surface area contributed by atoms with E-state index >= 15 is 8.78 Å². The monoisotopic (exact) mass is 450 g/mol. The van der Waals surface area contributed by atoms with Crippen LogP contribution in [0.3, 0.4) is 0 Å². The van der Waals surface area contributed by atoms with Gasteiger partial charge in [-0.25, -0.2) is 8.78 Å². The van der Waals surface area contributed by atoms with Gasteiger partial charge in [-0.3, -0.25) is 14.5 Å². The topological polar surface area (TPSA) is 69.5 Å². The average molecular weight is 450 g/mol. The third kappa shape index (κ3) is 3.45. The summed E-state index contributed by atoms with van der Waals surface area (Å²) in [4.78, 5) is 18.3. The zero-order valence-corrected chi connectivity index (χ0v) is 18.2. The Labute approximate surface area is 188 Å². The summed E-state index contributed by atoms with van der Waals surface area (Å²) in [6, 6.07) is 7.61. The van der Waals surface area contributed by atoms with E-state index in [2.05, 4.69) is 10.1 Å². The van der Waals surface area contributed by atoms with Gasteiger partial charge in [0, 0.05) is 24.2 Å². The van der Waals surface area contributed by atoms with Crippen molar-refractivity contribution in [2.75, 3.05) is 14.2 Å². The molecule has 0 radical (unpaired) electrons. The first-order valence-corrected chi connectivity index (χ1v) is 10.2. The van der Waals surface area contributed by atoms with E-state index < -0.39 is 11.6 Å². The Morgan fingerprint density at radius 1 is 1.06 bits per heavy atom. The Morgan fingerprint density at radius 2 is 1.82 bits per heavy atom. The second-order valence-corrected chi connectivity index (χ2v) is 7.83. The third-order valence-corrected chi connectivity index (χ3v) is 5.81. The van der Waals surface area contributed by atoms with Gasteiger partial charge in [-0.2, -0.15) is 5.10 Å². The number of benzene rings is 2. The van der Waals surface area contributed by atoms with Crippen molar-refractivity contribution < 1.29 is 23.0 Å². The number of hydrogen-bond donors (Lipinski definition) is 0. The largest absolute Gasteiger partial charge is 0.495 e. The van der Waals surface area contributed by atoms with Crippen molar-refractivity contribution in [1.82, 2.24) is 19.7 Å². The number of fused-ring (bicyclic) bond motifs is 2. The lowest BCUT2D eigenvalue weighted by atomic mass is 9.99. The lowest BCUT2D eigenvalue weighted by molar-refractivity contribution is 0.0763. The molecule has 0 fully saturated rings. The SMILES string of the molecule is COc1cnc2c(c1)C(=O)N(Cc1c(F)cc(-c3ccc(OC)c4nn(C)cc34)cc1F)C2. The van der Waals surface area contributed by atoms with Gasteiger partial charge < -0.3 is 14.4 Å². The van der Waals surface area contributed by atoms with Crippen LogP contribution in [0, 0.1) is 11.6 Å². The zero-order chi connectivity index (χ0) is 23.3. The Bertz CT molecular complexity index is 1390. The molecule has 33 heavy (non-hydrogen) atoms. The maximum Gasteiger partial charge on any atom is 0.256 e. The maximum absolute atomic E-state index is 15.1. The van der Waals surface area contributed by atoms with E-state index in [1.54, 1.807) is 43.2 Å². The van der Waals surface area contributed by atoms with Crippen LogP contribution in [-0.4, -0.2) is 39.8 Å². The average Bonchev–Trinajstić information content (AvgIpc) is 3.34. The van der Waals surface area contributed by atoms with E-state index in [1.165, 1.54) is 30.3 Å². The van der Waals surface area contributed by atoms with Gasteiger partial charge in [0.05, 0.1) is 44.8 Å². The molecule has 1 amide bonds. The van der Waals surface area contributed by atoms with E-state index in [-0.39, 0.29) is 24.6 Å². The van der Waals surface area contributed by atoms with E-state index in [9.17, 15) is 4.79 Å². The van der Waals surface area contributed by atoms with E-state index in [0.717, 1.165) is 0 Å². The van der Waals surface area contributed by atoms with Crippen LogP contribution in [0.25, 0.3) is 22.0 Å². The number of halogens is 2. The molecule has 1 aliphatic heterocycles. The summed E-state index contributed by atoms with van der Waals surface area (Å²) in [6.07, 6.45) is 3.29. The Morgan fingerprint density at radius 3 is 2.52 bits per heavy atom. The van der Waals surface area contributed by atoms with Gasteiger partial charge in [0.15, 0.2) is 0 Å². The first-order valence-electron chi connectivity index (χ1n) is 10.2. The molecule has 2 aromatic heterocycles. The summed E-state index contributed by atoms with van der Waals surface area (Å²) in [5, 5.41) is 5.10. The van der Waals surface area contributed by atoms with E-state index in [1.807, 2.05) is 0 Å². The van der Waals surface area contributed by atoms with Crippen molar-refractivity contribution in [1.29, 1.82) is 0 Å². The molecule has 0 bridgehead atoms. The fourth-order valence-electron chi connectivity index (χ4n) is 4.16. The lowest BCUT2D eigenvalue weighted by Crippen LogP contribution is -2.24. The Hall–Kier alpha value is -4.01. The number of ether oxygens (including phenoxy) is 2. The number of aromatic nitrogens is 3. The highest BCUT2D eigenvalue weighted by Crippen LogP contribution is 2.35. The van der Waals surface area contributed by atoms with Gasteiger partial charge in [0.2, 0.25) is 0 Å². The number of hydrogen-bond acceptors (Lipinski definition) is 5. The van der Waals surface area contributed by atoms with Gasteiger partial charge in [0.1, 0.15) is 28.7 Å². The van der Waals surface area contributed by atoms with Crippen LogP contribution in [0.4, 0.5) is 8.78 Å². The normalized spacial score (nSPS) is 13.0. The molecule has 0 atom stereocenters. The highest BCUT2D eigenvalue weighted by Gasteiger charge is 2.30. The highest BCUT2D eigenvalue weighted by molar-refractivity contribution is 5.98. The molecule has 2 aromatic carbocycles. The first-order chi connectivity index (χ1) is 15.9. The number of pyridine rings is 1. The molecule has 0 saturated carbocycles. The van der Waals surface area contributed by atoms with Crippen molar-refractivity contribution in [3.8, 4) is 22.6 Å². The van der Waals surface area contributed by atoms with Gasteiger partial charge in [-0.15, -0.1) is 0 Å². The van der Waals surface area contributed by atoms with E-state index in [4.69, 9.17) is 9.47 Å². The van der Waals surface area contributed by atoms with Gasteiger partial charge in [0.25, 0.3) is 5.91 Å². The Balaban J connectivity index is 1.48. The molecule has 0 saturated heterocycles. The number of nitrogens with zero attached hydrogens (tertiary/aromatic N) is 4. The van der Waals surface area contributed by atoms with Crippen molar-refractivity contribution in [3.63, 3.8) is 0 Å². The van der Waals surface area contributed by atoms with Crippen molar-refractivity contribution in [3.05, 3.63) is 71.2 Å². The van der Waals surface area contributed by atoms with Crippen molar-refractivity contribution in [2.24, 2.45) is 7.05 Å². The molecule has 5 rings (SSSR count). The number of carbonyl (C=O) groups is 1. The fourth-order valence-corrected chi connectivity index (χ4v) is 4.16. The third-order valence-electron chi connectivity index (χ3n) is 5.81. The van der Waals surface area contributed by atoms with Crippen LogP contribution in [0.5, 0.6) is 11.5 Å². The van der Waals surface area contributed by atoms with Crippen LogP contribution in [-0.2, 0) is 20.1 Å². The summed E-state index contributed by atoms with van der Waals surface area (Å²) in [6.45, 7) is -0.0338. The highest BCUT2D eigenvalue weighted by atomic mass is 19.1. The molecule has 0 aliphatic carbocycles. The molecule has 3 heterocycles. The van der Waals surface area contributed by atoms with Crippen LogP contribution in [0.15, 0.2) is 42.7 Å². The van der Waals surface area contributed by atoms with Crippen LogP contribution >= 0.6 is 0 Å². The van der Waals surface area contributed by atoms with Crippen LogP contribution in [0.1, 0.15) is 21.6 Å². The fraction of sp³-hybridized carbons (Fsp3) is 0.208. The molecule has 7 nitrogen and oxygen atoms in total. The molecule has 0 spiro atoms. The first kappa shape index (κ1) is 20.9. The molecule has 168 valence electrons. The minimum Gasteiger partial charge on any atom is -0.495 e. The number of aryl methyl sites for hydroxylation is 1. The van der Waals surface area contributed by atoms with Crippen molar-refractivity contribution >= 4 is 16.8 Å². The van der Waals surface area contributed by atoms with Gasteiger partial charge >= 0.3 is 0 Å². The molecular weight excluding hydrogens is 430 g/mol. The number of carbonyl (C=O) groups excluding carboxylic acids is 1. The zero-order valence-electron chi connectivity index (χ0n) is 18.2. The number of rotatable bonds is 5. The second-order valence-electron chi connectivity index (χ2n) is 7.83. The second kappa shape index (κ2) is 7.84. The minimum absolute atomic E-state index is 0.174. The smallest absolute Gasteiger partial charge is 0.256 e.